The first kappa shape index (κ1) is 18.3. The summed E-state index contributed by atoms with van der Waals surface area (Å²) in [5.41, 5.74) is 0.671. The summed E-state index contributed by atoms with van der Waals surface area (Å²) in [6.45, 7) is 2.77. The smallest absolute Gasteiger partial charge is 0.254 e. The van der Waals surface area contributed by atoms with Crippen molar-refractivity contribution < 1.29 is 9.90 Å². The molecule has 1 saturated carbocycles. The highest BCUT2D eigenvalue weighted by molar-refractivity contribution is 7.99. The standard InChI is InChI=1S/C18H28N2O2S/c1-14(9-11-21)12-20-17(22)16-8-5-10-19-18(16)23-13-15-6-3-2-4-7-15/h5,8,10,14-15,21H,2-4,6-7,9,11-13H2,1H3,(H,20,22). The van der Waals surface area contributed by atoms with Crippen molar-refractivity contribution in [1.82, 2.24) is 10.3 Å². The monoisotopic (exact) mass is 336 g/mol. The van der Waals surface area contributed by atoms with Gasteiger partial charge in [0.05, 0.1) is 5.56 Å². The van der Waals surface area contributed by atoms with Gasteiger partial charge in [-0.2, -0.15) is 0 Å². The largest absolute Gasteiger partial charge is 0.396 e. The minimum Gasteiger partial charge on any atom is -0.396 e. The van der Waals surface area contributed by atoms with Crippen molar-refractivity contribution in [1.29, 1.82) is 0 Å². The molecular formula is C18H28N2O2S. The zero-order chi connectivity index (χ0) is 16.5. The van der Waals surface area contributed by atoms with Crippen molar-refractivity contribution in [3.05, 3.63) is 23.9 Å². The molecule has 5 heteroatoms. The Labute approximate surface area is 143 Å². The number of carbonyl (C=O) groups excluding carboxylic acids is 1. The number of rotatable bonds is 8. The number of pyridine rings is 1. The fourth-order valence-electron chi connectivity index (χ4n) is 2.91. The normalized spacial score (nSPS) is 17.0. The van der Waals surface area contributed by atoms with Crippen LogP contribution in [0.5, 0.6) is 0 Å². The molecule has 1 atom stereocenters. The van der Waals surface area contributed by atoms with E-state index in [2.05, 4.69) is 10.3 Å². The number of aromatic nitrogens is 1. The van der Waals surface area contributed by atoms with Crippen molar-refractivity contribution in [2.24, 2.45) is 11.8 Å². The Kier molecular flexibility index (Phi) is 7.89. The quantitative estimate of drug-likeness (QED) is 0.713. The number of amides is 1. The van der Waals surface area contributed by atoms with Crippen molar-refractivity contribution in [3.8, 4) is 0 Å². The van der Waals surface area contributed by atoms with E-state index in [1.54, 1.807) is 18.0 Å². The lowest BCUT2D eigenvalue weighted by Crippen LogP contribution is -2.29. The molecule has 0 saturated heterocycles. The minimum atomic E-state index is -0.0611. The molecule has 2 N–H and O–H groups in total. The second-order valence-electron chi connectivity index (χ2n) is 6.50. The lowest BCUT2D eigenvalue weighted by atomic mass is 9.91. The van der Waals surface area contributed by atoms with E-state index in [4.69, 9.17) is 5.11 Å². The van der Waals surface area contributed by atoms with Crippen molar-refractivity contribution in [2.75, 3.05) is 18.9 Å². The van der Waals surface area contributed by atoms with Crippen LogP contribution in [0.4, 0.5) is 0 Å². The van der Waals surface area contributed by atoms with Gasteiger partial charge < -0.3 is 10.4 Å². The number of hydrogen-bond donors (Lipinski definition) is 2. The Morgan fingerprint density at radius 3 is 2.96 bits per heavy atom. The van der Waals surface area contributed by atoms with Gasteiger partial charge in [-0.25, -0.2) is 4.98 Å². The average molecular weight is 337 g/mol. The van der Waals surface area contributed by atoms with Gasteiger partial charge in [0, 0.05) is 25.1 Å². The van der Waals surface area contributed by atoms with Gasteiger partial charge in [0.15, 0.2) is 0 Å². The number of nitrogens with zero attached hydrogens (tertiary/aromatic N) is 1. The van der Waals surface area contributed by atoms with Crippen LogP contribution in [-0.2, 0) is 0 Å². The molecule has 0 aliphatic heterocycles. The summed E-state index contributed by atoms with van der Waals surface area (Å²) in [7, 11) is 0. The van der Waals surface area contributed by atoms with Crippen LogP contribution < -0.4 is 5.32 Å². The van der Waals surface area contributed by atoms with Gasteiger partial charge in [0.25, 0.3) is 5.91 Å². The van der Waals surface area contributed by atoms with E-state index in [-0.39, 0.29) is 18.4 Å². The number of aliphatic hydroxyl groups excluding tert-OH is 1. The number of nitrogens with one attached hydrogen (secondary N) is 1. The van der Waals surface area contributed by atoms with E-state index < -0.39 is 0 Å². The van der Waals surface area contributed by atoms with Gasteiger partial charge in [-0.05, 0) is 43.2 Å². The average Bonchev–Trinajstić information content (AvgIpc) is 2.59. The van der Waals surface area contributed by atoms with Crippen molar-refractivity contribution in [3.63, 3.8) is 0 Å². The van der Waals surface area contributed by atoms with Crippen molar-refractivity contribution in [2.45, 2.75) is 50.5 Å². The fraction of sp³-hybridized carbons (Fsp3) is 0.667. The Morgan fingerprint density at radius 1 is 1.43 bits per heavy atom. The second-order valence-corrected chi connectivity index (χ2v) is 7.51. The molecule has 0 aromatic carbocycles. The third-order valence-corrected chi connectivity index (χ3v) is 5.67. The number of carbonyl (C=O) groups is 1. The maximum absolute atomic E-state index is 12.4. The first-order valence-corrected chi connectivity index (χ1v) is 9.66. The zero-order valence-corrected chi connectivity index (χ0v) is 14.8. The summed E-state index contributed by atoms with van der Waals surface area (Å²) in [5, 5.41) is 12.7. The van der Waals surface area contributed by atoms with Crippen LogP contribution in [0.2, 0.25) is 0 Å². The Hall–Kier alpha value is -1.07. The molecule has 4 nitrogen and oxygen atoms in total. The predicted octanol–water partition coefficient (Wildman–Crippen LogP) is 3.50. The van der Waals surface area contributed by atoms with Crippen LogP contribution in [0.25, 0.3) is 0 Å². The Balaban J connectivity index is 1.89. The molecule has 1 amide bonds. The molecule has 1 aliphatic carbocycles. The van der Waals surface area contributed by atoms with E-state index in [1.807, 2.05) is 19.1 Å². The highest BCUT2D eigenvalue weighted by Crippen LogP contribution is 2.30. The van der Waals surface area contributed by atoms with E-state index in [1.165, 1.54) is 32.1 Å². The topological polar surface area (TPSA) is 62.2 Å². The molecule has 1 aliphatic rings. The SMILES string of the molecule is CC(CCO)CNC(=O)c1cccnc1SCC1CCCCC1. The lowest BCUT2D eigenvalue weighted by molar-refractivity contribution is 0.0941. The van der Waals surface area contributed by atoms with Crippen LogP contribution in [0, 0.1) is 11.8 Å². The summed E-state index contributed by atoms with van der Waals surface area (Å²) in [6, 6.07) is 3.67. The van der Waals surface area contributed by atoms with E-state index in [9.17, 15) is 4.79 Å². The molecule has 2 rings (SSSR count). The Bertz CT molecular complexity index is 490. The third-order valence-electron chi connectivity index (χ3n) is 4.43. The molecule has 1 fully saturated rings. The summed E-state index contributed by atoms with van der Waals surface area (Å²) >= 11 is 1.71. The lowest BCUT2D eigenvalue weighted by Gasteiger charge is -2.21. The van der Waals surface area contributed by atoms with Crippen LogP contribution in [-0.4, -0.2) is 34.9 Å². The first-order valence-electron chi connectivity index (χ1n) is 8.67. The summed E-state index contributed by atoms with van der Waals surface area (Å²) in [4.78, 5) is 16.8. The molecular weight excluding hydrogens is 308 g/mol. The molecule has 1 unspecified atom stereocenters. The van der Waals surface area contributed by atoms with Gasteiger partial charge in [0.1, 0.15) is 5.03 Å². The van der Waals surface area contributed by atoms with E-state index >= 15 is 0 Å². The number of aliphatic hydroxyl groups is 1. The second kappa shape index (κ2) is 9.93. The van der Waals surface area contributed by atoms with Crippen LogP contribution >= 0.6 is 11.8 Å². The third kappa shape index (κ3) is 6.15. The minimum absolute atomic E-state index is 0.0611. The molecule has 0 bridgehead atoms. The summed E-state index contributed by atoms with van der Waals surface area (Å²) in [6.07, 6.45) is 9.11. The van der Waals surface area contributed by atoms with E-state index in [0.717, 1.165) is 16.7 Å². The van der Waals surface area contributed by atoms with Gasteiger partial charge in [-0.15, -0.1) is 11.8 Å². The molecule has 1 aromatic rings. The molecule has 1 heterocycles. The Morgan fingerprint density at radius 2 is 2.22 bits per heavy atom. The number of hydrogen-bond acceptors (Lipinski definition) is 4. The molecule has 0 spiro atoms. The molecule has 0 radical (unpaired) electrons. The van der Waals surface area contributed by atoms with Crippen molar-refractivity contribution >= 4 is 17.7 Å². The summed E-state index contributed by atoms with van der Waals surface area (Å²) < 4.78 is 0. The number of thioether (sulfide) groups is 1. The van der Waals surface area contributed by atoms with Crippen LogP contribution in [0.15, 0.2) is 23.4 Å². The fourth-order valence-corrected chi connectivity index (χ4v) is 4.09. The van der Waals surface area contributed by atoms with Gasteiger partial charge >= 0.3 is 0 Å². The van der Waals surface area contributed by atoms with Crippen LogP contribution in [0.3, 0.4) is 0 Å². The highest BCUT2D eigenvalue weighted by Gasteiger charge is 2.17. The van der Waals surface area contributed by atoms with Gasteiger partial charge in [-0.1, -0.05) is 26.2 Å². The molecule has 1 aromatic heterocycles. The zero-order valence-electron chi connectivity index (χ0n) is 14.0. The van der Waals surface area contributed by atoms with E-state index in [0.29, 0.717) is 18.5 Å². The highest BCUT2D eigenvalue weighted by atomic mass is 32.2. The maximum atomic E-state index is 12.4. The maximum Gasteiger partial charge on any atom is 0.254 e. The molecule has 23 heavy (non-hydrogen) atoms. The van der Waals surface area contributed by atoms with Crippen LogP contribution in [0.1, 0.15) is 55.8 Å². The summed E-state index contributed by atoms with van der Waals surface area (Å²) in [5.74, 6) is 2.03. The van der Waals surface area contributed by atoms with Gasteiger partial charge in [-0.3, -0.25) is 4.79 Å². The first-order chi connectivity index (χ1) is 11.2. The predicted molar refractivity (Wildman–Crippen MR) is 94.7 cm³/mol. The van der Waals surface area contributed by atoms with Gasteiger partial charge in [0.2, 0.25) is 0 Å². The molecule has 128 valence electrons.